The predicted molar refractivity (Wildman–Crippen MR) is 69.3 cm³/mol. The third kappa shape index (κ3) is 3.06. The van der Waals surface area contributed by atoms with Crippen LogP contribution < -0.4 is 5.73 Å². The van der Waals surface area contributed by atoms with Gasteiger partial charge in [-0.1, -0.05) is 40.9 Å². The van der Waals surface area contributed by atoms with Gasteiger partial charge in [-0.05, 0) is 30.0 Å². The monoisotopic (exact) mass is 283 g/mol. The smallest absolute Gasteiger partial charge is 0.0623 e. The molecule has 0 aromatic heterocycles. The molecule has 0 spiro atoms. The van der Waals surface area contributed by atoms with Gasteiger partial charge in [0.2, 0.25) is 0 Å². The molecule has 1 fully saturated rings. The van der Waals surface area contributed by atoms with Crippen LogP contribution in [0.5, 0.6) is 0 Å². The Kier molecular flexibility index (Phi) is 4.00. The average molecular weight is 284 g/mol. The molecule has 0 aliphatic heterocycles. The highest BCUT2D eigenvalue weighted by Crippen LogP contribution is 2.36. The Morgan fingerprint density at radius 3 is 2.44 bits per heavy atom. The van der Waals surface area contributed by atoms with Crippen LogP contribution in [-0.4, -0.2) is 17.8 Å². The van der Waals surface area contributed by atoms with Crippen molar-refractivity contribution in [3.63, 3.8) is 0 Å². The molecular weight excluding hydrogens is 266 g/mol. The molecule has 0 saturated heterocycles. The van der Waals surface area contributed by atoms with Crippen LogP contribution in [0.25, 0.3) is 0 Å². The van der Waals surface area contributed by atoms with E-state index in [1.54, 1.807) is 0 Å². The molecule has 0 bridgehead atoms. The molecule has 0 heterocycles. The summed E-state index contributed by atoms with van der Waals surface area (Å²) < 4.78 is 1.06. The Morgan fingerprint density at radius 1 is 1.31 bits per heavy atom. The van der Waals surface area contributed by atoms with Crippen LogP contribution in [0.15, 0.2) is 28.7 Å². The predicted octanol–water partition coefficient (Wildman–Crippen LogP) is 2.65. The second kappa shape index (κ2) is 5.30. The molecule has 16 heavy (non-hydrogen) atoms. The summed E-state index contributed by atoms with van der Waals surface area (Å²) in [7, 11) is 0. The van der Waals surface area contributed by atoms with E-state index in [2.05, 4.69) is 15.9 Å². The minimum Gasteiger partial charge on any atom is -0.392 e. The first-order valence-corrected chi connectivity index (χ1v) is 6.63. The third-order valence-electron chi connectivity index (χ3n) is 3.29. The summed E-state index contributed by atoms with van der Waals surface area (Å²) in [6.45, 7) is 0.509. The maximum Gasteiger partial charge on any atom is 0.0623 e. The van der Waals surface area contributed by atoms with Crippen molar-refractivity contribution >= 4 is 15.9 Å². The maximum absolute atomic E-state index is 10.2. The van der Waals surface area contributed by atoms with Gasteiger partial charge in [0.15, 0.2) is 0 Å². The van der Waals surface area contributed by atoms with Gasteiger partial charge in [-0.2, -0.15) is 0 Å². The van der Waals surface area contributed by atoms with Gasteiger partial charge in [0, 0.05) is 16.9 Å². The zero-order valence-corrected chi connectivity index (χ0v) is 10.9. The minimum atomic E-state index is -0.293. The Balaban J connectivity index is 2.04. The number of hydrogen-bond acceptors (Lipinski definition) is 2. The van der Waals surface area contributed by atoms with Crippen molar-refractivity contribution in [2.45, 2.75) is 31.3 Å². The van der Waals surface area contributed by atoms with Crippen molar-refractivity contribution in [2.24, 2.45) is 11.7 Å². The van der Waals surface area contributed by atoms with Gasteiger partial charge in [0.05, 0.1) is 6.10 Å². The SMILES string of the molecule is NCC(c1ccc(Br)cc1)C(O)CC1CC1. The van der Waals surface area contributed by atoms with Crippen LogP contribution in [0.4, 0.5) is 0 Å². The van der Waals surface area contributed by atoms with Gasteiger partial charge >= 0.3 is 0 Å². The van der Waals surface area contributed by atoms with E-state index in [-0.39, 0.29) is 12.0 Å². The fourth-order valence-corrected chi connectivity index (χ4v) is 2.35. The zero-order valence-electron chi connectivity index (χ0n) is 9.27. The lowest BCUT2D eigenvalue weighted by molar-refractivity contribution is 0.129. The molecule has 1 aromatic rings. The van der Waals surface area contributed by atoms with E-state index < -0.39 is 0 Å². The Hall–Kier alpha value is -0.380. The fourth-order valence-electron chi connectivity index (χ4n) is 2.08. The van der Waals surface area contributed by atoms with Crippen LogP contribution in [0, 0.1) is 5.92 Å². The lowest BCUT2D eigenvalue weighted by Crippen LogP contribution is -2.26. The highest BCUT2D eigenvalue weighted by atomic mass is 79.9. The topological polar surface area (TPSA) is 46.2 Å². The van der Waals surface area contributed by atoms with Crippen LogP contribution >= 0.6 is 15.9 Å². The van der Waals surface area contributed by atoms with E-state index in [0.29, 0.717) is 6.54 Å². The second-order valence-electron chi connectivity index (χ2n) is 4.64. The third-order valence-corrected chi connectivity index (χ3v) is 3.82. The summed E-state index contributed by atoms with van der Waals surface area (Å²) in [6, 6.07) is 8.08. The first-order valence-electron chi connectivity index (χ1n) is 5.84. The molecule has 2 unspecified atom stereocenters. The Morgan fingerprint density at radius 2 is 1.94 bits per heavy atom. The number of benzene rings is 1. The van der Waals surface area contributed by atoms with Crippen molar-refractivity contribution in [1.29, 1.82) is 0 Å². The molecule has 1 aromatic carbocycles. The quantitative estimate of drug-likeness (QED) is 0.873. The van der Waals surface area contributed by atoms with Crippen molar-refractivity contribution in [3.8, 4) is 0 Å². The summed E-state index contributed by atoms with van der Waals surface area (Å²) in [6.07, 6.45) is 3.15. The second-order valence-corrected chi connectivity index (χ2v) is 5.56. The fraction of sp³-hybridized carbons (Fsp3) is 0.538. The highest BCUT2D eigenvalue weighted by Gasteiger charge is 2.28. The summed E-state index contributed by atoms with van der Waals surface area (Å²) in [5, 5.41) is 10.2. The van der Waals surface area contributed by atoms with Gasteiger partial charge in [-0.25, -0.2) is 0 Å². The van der Waals surface area contributed by atoms with Gasteiger partial charge in [0.1, 0.15) is 0 Å². The largest absolute Gasteiger partial charge is 0.392 e. The van der Waals surface area contributed by atoms with E-state index >= 15 is 0 Å². The number of aliphatic hydroxyl groups is 1. The highest BCUT2D eigenvalue weighted by molar-refractivity contribution is 9.10. The summed E-state index contributed by atoms with van der Waals surface area (Å²) in [5.74, 6) is 0.813. The summed E-state index contributed by atoms with van der Waals surface area (Å²) >= 11 is 3.41. The Bertz CT molecular complexity index is 334. The maximum atomic E-state index is 10.2. The molecule has 1 saturated carbocycles. The van der Waals surface area contributed by atoms with Gasteiger partial charge < -0.3 is 10.8 Å². The van der Waals surface area contributed by atoms with Crippen molar-refractivity contribution in [1.82, 2.24) is 0 Å². The number of hydrogen-bond donors (Lipinski definition) is 2. The van der Waals surface area contributed by atoms with Gasteiger partial charge in [-0.15, -0.1) is 0 Å². The van der Waals surface area contributed by atoms with Crippen molar-refractivity contribution in [2.75, 3.05) is 6.54 Å². The molecule has 2 rings (SSSR count). The van der Waals surface area contributed by atoms with E-state index in [9.17, 15) is 5.11 Å². The molecule has 1 aliphatic carbocycles. The molecule has 0 amide bonds. The minimum absolute atomic E-state index is 0.0775. The number of rotatable bonds is 5. The van der Waals surface area contributed by atoms with Crippen LogP contribution in [0.1, 0.15) is 30.7 Å². The van der Waals surface area contributed by atoms with E-state index in [1.807, 2.05) is 24.3 Å². The summed E-state index contributed by atoms with van der Waals surface area (Å²) in [4.78, 5) is 0. The standard InChI is InChI=1S/C13H18BrNO/c14-11-5-3-10(4-6-11)12(8-15)13(16)7-9-1-2-9/h3-6,9,12-13,16H,1-2,7-8,15H2. The molecule has 3 N–H and O–H groups in total. The average Bonchev–Trinajstić information content (AvgIpc) is 3.06. The van der Waals surface area contributed by atoms with Crippen molar-refractivity contribution < 1.29 is 5.11 Å². The zero-order chi connectivity index (χ0) is 11.5. The summed E-state index contributed by atoms with van der Waals surface area (Å²) in [5.41, 5.74) is 6.91. The lowest BCUT2D eigenvalue weighted by atomic mass is 9.90. The number of nitrogens with two attached hydrogens (primary N) is 1. The molecule has 0 radical (unpaired) electrons. The molecule has 2 nitrogen and oxygen atoms in total. The van der Waals surface area contributed by atoms with E-state index in [4.69, 9.17) is 5.73 Å². The Labute approximate surface area is 105 Å². The van der Waals surface area contributed by atoms with Gasteiger partial charge in [-0.3, -0.25) is 0 Å². The number of aliphatic hydroxyl groups excluding tert-OH is 1. The van der Waals surface area contributed by atoms with Gasteiger partial charge in [0.25, 0.3) is 0 Å². The number of halogens is 1. The molecule has 2 atom stereocenters. The normalized spacial score (nSPS) is 19.4. The lowest BCUT2D eigenvalue weighted by Gasteiger charge is -2.21. The van der Waals surface area contributed by atoms with Crippen LogP contribution in [-0.2, 0) is 0 Å². The molecule has 88 valence electrons. The van der Waals surface area contributed by atoms with Crippen LogP contribution in [0.2, 0.25) is 0 Å². The molecule has 1 aliphatic rings. The van der Waals surface area contributed by atoms with E-state index in [1.165, 1.54) is 12.8 Å². The first-order chi connectivity index (χ1) is 7.70. The van der Waals surface area contributed by atoms with Crippen molar-refractivity contribution in [3.05, 3.63) is 34.3 Å². The first kappa shape index (κ1) is 12.1. The van der Waals surface area contributed by atoms with E-state index in [0.717, 1.165) is 22.4 Å². The molecular formula is C13H18BrNO. The molecule has 3 heteroatoms. The van der Waals surface area contributed by atoms with Crippen LogP contribution in [0.3, 0.4) is 0 Å².